The molecule has 0 radical (unpaired) electrons. The van der Waals surface area contributed by atoms with Crippen LogP contribution in [0.3, 0.4) is 0 Å². The Bertz CT molecular complexity index is 713. The maximum atomic E-state index is 12.8. The molecule has 2 aromatic carbocycles. The summed E-state index contributed by atoms with van der Waals surface area (Å²) in [6.07, 6.45) is 0. The molecule has 0 saturated carbocycles. The van der Waals surface area contributed by atoms with Gasteiger partial charge in [0.2, 0.25) is 0 Å². The van der Waals surface area contributed by atoms with Gasteiger partial charge in [0.25, 0.3) is 5.91 Å². The van der Waals surface area contributed by atoms with Crippen molar-refractivity contribution in [2.75, 3.05) is 33.3 Å². The van der Waals surface area contributed by atoms with Gasteiger partial charge in [0.15, 0.2) is 6.61 Å². The molecular weight excluding hydrogens is 324 g/mol. The number of likely N-dealkylation sites (N-methyl/N-ethyl adjacent to an activating group) is 1. The van der Waals surface area contributed by atoms with Crippen molar-refractivity contribution in [3.8, 4) is 5.75 Å². The van der Waals surface area contributed by atoms with E-state index in [1.807, 2.05) is 35.2 Å². The first-order valence-electron chi connectivity index (χ1n) is 9.30. The molecular formula is C22H28N2O2. The predicted octanol–water partition coefficient (Wildman–Crippen LogP) is 3.70. The lowest BCUT2D eigenvalue weighted by atomic mass is 10.0. The summed E-state index contributed by atoms with van der Waals surface area (Å²) in [6.45, 7) is 6.86. The number of piperazine rings is 1. The van der Waals surface area contributed by atoms with Crippen molar-refractivity contribution in [1.82, 2.24) is 9.80 Å². The second-order valence-corrected chi connectivity index (χ2v) is 7.29. The average Bonchev–Trinajstić information content (AvgIpc) is 2.67. The minimum absolute atomic E-state index is 0.0416. The van der Waals surface area contributed by atoms with Crippen LogP contribution in [0.4, 0.5) is 0 Å². The molecule has 1 atom stereocenters. The number of carbonyl (C=O) groups excluding carboxylic acids is 1. The third kappa shape index (κ3) is 4.44. The lowest BCUT2D eigenvalue weighted by molar-refractivity contribution is -0.138. The Kier molecular flexibility index (Phi) is 5.94. The van der Waals surface area contributed by atoms with Gasteiger partial charge in [-0.1, -0.05) is 56.3 Å². The summed E-state index contributed by atoms with van der Waals surface area (Å²) in [5.41, 5.74) is 2.44. The molecule has 1 aliphatic rings. The highest BCUT2D eigenvalue weighted by molar-refractivity contribution is 5.78. The second-order valence-electron chi connectivity index (χ2n) is 7.29. The third-order valence-corrected chi connectivity index (χ3v) is 5.00. The summed E-state index contributed by atoms with van der Waals surface area (Å²) < 4.78 is 5.76. The monoisotopic (exact) mass is 352 g/mol. The number of hydrogen-bond donors (Lipinski definition) is 0. The van der Waals surface area contributed by atoms with Crippen molar-refractivity contribution >= 4 is 5.91 Å². The van der Waals surface area contributed by atoms with E-state index < -0.39 is 0 Å². The van der Waals surface area contributed by atoms with Crippen molar-refractivity contribution in [2.45, 2.75) is 25.8 Å². The van der Waals surface area contributed by atoms with Gasteiger partial charge < -0.3 is 14.5 Å². The zero-order chi connectivity index (χ0) is 18.5. The largest absolute Gasteiger partial charge is 0.484 e. The highest BCUT2D eigenvalue weighted by Gasteiger charge is 2.30. The average molecular weight is 352 g/mol. The number of benzene rings is 2. The SMILES string of the molecule is CC(C)c1ccc(OCC(=O)N2CCN(C)CC2c2ccccc2)cc1. The van der Waals surface area contributed by atoms with Crippen molar-refractivity contribution < 1.29 is 9.53 Å². The quantitative estimate of drug-likeness (QED) is 0.822. The van der Waals surface area contributed by atoms with Crippen LogP contribution in [0.1, 0.15) is 36.9 Å². The Morgan fingerprint density at radius 3 is 2.42 bits per heavy atom. The Morgan fingerprint density at radius 2 is 1.77 bits per heavy atom. The molecule has 1 fully saturated rings. The first-order valence-corrected chi connectivity index (χ1v) is 9.30. The normalized spacial score (nSPS) is 18.2. The van der Waals surface area contributed by atoms with Gasteiger partial charge in [-0.3, -0.25) is 4.79 Å². The van der Waals surface area contributed by atoms with Crippen LogP contribution in [0.15, 0.2) is 54.6 Å². The van der Waals surface area contributed by atoms with E-state index in [4.69, 9.17) is 4.74 Å². The predicted molar refractivity (Wildman–Crippen MR) is 104 cm³/mol. The molecule has 1 aliphatic heterocycles. The zero-order valence-corrected chi connectivity index (χ0v) is 15.9. The number of nitrogens with zero attached hydrogens (tertiary/aromatic N) is 2. The van der Waals surface area contributed by atoms with Crippen molar-refractivity contribution in [2.24, 2.45) is 0 Å². The van der Waals surface area contributed by atoms with E-state index >= 15 is 0 Å². The topological polar surface area (TPSA) is 32.8 Å². The van der Waals surface area contributed by atoms with E-state index in [0.717, 1.165) is 25.4 Å². The van der Waals surface area contributed by atoms with Gasteiger partial charge in [-0.25, -0.2) is 0 Å². The van der Waals surface area contributed by atoms with E-state index in [9.17, 15) is 4.79 Å². The highest BCUT2D eigenvalue weighted by Crippen LogP contribution is 2.25. The van der Waals surface area contributed by atoms with Gasteiger partial charge in [-0.15, -0.1) is 0 Å². The molecule has 0 N–H and O–H groups in total. The fourth-order valence-electron chi connectivity index (χ4n) is 3.36. The first-order chi connectivity index (χ1) is 12.5. The highest BCUT2D eigenvalue weighted by atomic mass is 16.5. The van der Waals surface area contributed by atoms with Crippen LogP contribution in [0, 0.1) is 0 Å². The summed E-state index contributed by atoms with van der Waals surface area (Å²) in [6, 6.07) is 18.3. The molecule has 0 bridgehead atoms. The van der Waals surface area contributed by atoms with Crippen LogP contribution >= 0.6 is 0 Å². The second kappa shape index (κ2) is 8.37. The molecule has 0 spiro atoms. The Balaban J connectivity index is 1.65. The van der Waals surface area contributed by atoms with Gasteiger partial charge in [0.05, 0.1) is 6.04 Å². The maximum absolute atomic E-state index is 12.8. The van der Waals surface area contributed by atoms with Gasteiger partial charge in [-0.05, 0) is 36.2 Å². The summed E-state index contributed by atoms with van der Waals surface area (Å²) >= 11 is 0. The molecule has 4 heteroatoms. The summed E-state index contributed by atoms with van der Waals surface area (Å²) in [5, 5.41) is 0. The lowest BCUT2D eigenvalue weighted by Crippen LogP contribution is -2.50. The Labute approximate surface area is 156 Å². The maximum Gasteiger partial charge on any atom is 0.261 e. The van der Waals surface area contributed by atoms with Crippen LogP contribution in [-0.4, -0.2) is 49.0 Å². The van der Waals surface area contributed by atoms with Crippen LogP contribution in [-0.2, 0) is 4.79 Å². The Hall–Kier alpha value is -2.33. The van der Waals surface area contributed by atoms with Crippen molar-refractivity contribution in [3.05, 3.63) is 65.7 Å². The summed E-state index contributed by atoms with van der Waals surface area (Å²) in [7, 11) is 2.10. The summed E-state index contributed by atoms with van der Waals surface area (Å²) in [4.78, 5) is 17.0. The minimum atomic E-state index is 0.0416. The first kappa shape index (κ1) is 18.5. The van der Waals surface area contributed by atoms with Gasteiger partial charge in [0.1, 0.15) is 5.75 Å². The molecule has 138 valence electrons. The van der Waals surface area contributed by atoms with Gasteiger partial charge in [-0.2, -0.15) is 0 Å². The smallest absolute Gasteiger partial charge is 0.261 e. The molecule has 2 aromatic rings. The van der Waals surface area contributed by atoms with Crippen molar-refractivity contribution in [3.63, 3.8) is 0 Å². The van der Waals surface area contributed by atoms with Crippen LogP contribution in [0.25, 0.3) is 0 Å². The molecule has 0 aliphatic carbocycles. The molecule has 1 amide bonds. The molecule has 1 unspecified atom stereocenters. The number of carbonyl (C=O) groups is 1. The molecule has 3 rings (SSSR count). The number of amides is 1. The number of rotatable bonds is 5. The molecule has 26 heavy (non-hydrogen) atoms. The molecule has 1 saturated heterocycles. The van der Waals surface area contributed by atoms with E-state index in [0.29, 0.717) is 5.92 Å². The molecule has 4 nitrogen and oxygen atoms in total. The fourth-order valence-corrected chi connectivity index (χ4v) is 3.36. The van der Waals surface area contributed by atoms with E-state index in [1.165, 1.54) is 11.1 Å². The standard InChI is InChI=1S/C22H28N2O2/c1-17(2)18-9-11-20(12-10-18)26-16-22(25)24-14-13-23(3)15-21(24)19-7-5-4-6-8-19/h4-12,17,21H,13-16H2,1-3H3. The fraction of sp³-hybridized carbons (Fsp3) is 0.409. The van der Waals surface area contributed by atoms with Gasteiger partial charge >= 0.3 is 0 Å². The van der Waals surface area contributed by atoms with E-state index in [1.54, 1.807) is 0 Å². The van der Waals surface area contributed by atoms with Crippen LogP contribution in [0.5, 0.6) is 5.75 Å². The molecule has 1 heterocycles. The summed E-state index contributed by atoms with van der Waals surface area (Å²) in [5.74, 6) is 1.27. The Morgan fingerprint density at radius 1 is 1.08 bits per heavy atom. The van der Waals surface area contributed by atoms with Crippen LogP contribution < -0.4 is 4.74 Å². The number of hydrogen-bond acceptors (Lipinski definition) is 3. The third-order valence-electron chi connectivity index (χ3n) is 5.00. The number of ether oxygens (including phenoxy) is 1. The zero-order valence-electron chi connectivity index (χ0n) is 15.9. The van der Waals surface area contributed by atoms with E-state index in [-0.39, 0.29) is 18.6 Å². The van der Waals surface area contributed by atoms with E-state index in [2.05, 4.69) is 50.1 Å². The van der Waals surface area contributed by atoms with Gasteiger partial charge in [0, 0.05) is 19.6 Å². The lowest BCUT2D eigenvalue weighted by Gasteiger charge is -2.40. The molecule has 0 aromatic heterocycles. The van der Waals surface area contributed by atoms with Crippen LogP contribution in [0.2, 0.25) is 0 Å². The minimum Gasteiger partial charge on any atom is -0.484 e. The van der Waals surface area contributed by atoms with Crippen molar-refractivity contribution in [1.29, 1.82) is 0 Å².